The number of carbonyl (C=O) groups excluding carboxylic acids is 2. The Labute approximate surface area is 170 Å². The average molecular weight is 451 g/mol. The molecule has 3 rings (SSSR count). The quantitative estimate of drug-likeness (QED) is 0.744. The van der Waals surface area contributed by atoms with Gasteiger partial charge < -0.3 is 19.9 Å². The lowest BCUT2D eigenvalue weighted by atomic mass is 10.0. The minimum atomic E-state index is -0.714. The molecule has 1 aromatic heterocycles. The lowest BCUT2D eigenvalue weighted by Crippen LogP contribution is -2.51. The molecule has 0 saturated carbocycles. The lowest BCUT2D eigenvalue weighted by Gasteiger charge is -2.30. The average Bonchev–Trinajstić information content (AvgIpc) is 3.14. The van der Waals surface area contributed by atoms with Crippen LogP contribution in [0.25, 0.3) is 10.9 Å². The molecule has 2 N–H and O–H groups in total. The van der Waals surface area contributed by atoms with Gasteiger partial charge in [0.1, 0.15) is 11.9 Å². The summed E-state index contributed by atoms with van der Waals surface area (Å²) in [5.74, 6) is 0.134. The summed E-state index contributed by atoms with van der Waals surface area (Å²) in [5.41, 5.74) is 0.334. The van der Waals surface area contributed by atoms with Crippen LogP contribution in [0.4, 0.5) is 4.79 Å². The molecule has 2 aromatic rings. The normalized spacial score (nSPS) is 17.8. The van der Waals surface area contributed by atoms with Gasteiger partial charge in [0.05, 0.1) is 24.1 Å². The van der Waals surface area contributed by atoms with Gasteiger partial charge in [0, 0.05) is 11.0 Å². The maximum absolute atomic E-state index is 13.2. The third-order valence-electron chi connectivity index (χ3n) is 4.93. The highest BCUT2D eigenvalue weighted by molar-refractivity contribution is 9.10. The molecular formula is C19H23BrN4O4. The van der Waals surface area contributed by atoms with Crippen LogP contribution in [0.15, 0.2) is 27.5 Å². The third-order valence-corrected chi connectivity index (χ3v) is 5.42. The van der Waals surface area contributed by atoms with E-state index in [9.17, 15) is 14.4 Å². The summed E-state index contributed by atoms with van der Waals surface area (Å²) in [4.78, 5) is 46.4. The number of ether oxygens (including phenoxy) is 1. The molecule has 1 fully saturated rings. The number of aromatic nitrogens is 2. The number of methoxy groups -OCH3 is 1. The fourth-order valence-electron chi connectivity index (χ4n) is 3.48. The van der Waals surface area contributed by atoms with Gasteiger partial charge in [-0.2, -0.15) is 0 Å². The molecule has 1 aliphatic heterocycles. The SMILES string of the molecule is COC(=O)N[C@H](C(=O)N1CCCC1c1nc2cc(Br)ccc2c(=O)[nH]1)C(C)C. The number of hydrogen-bond donors (Lipinski definition) is 2. The summed E-state index contributed by atoms with van der Waals surface area (Å²) in [5, 5.41) is 3.11. The van der Waals surface area contributed by atoms with Crippen LogP contribution < -0.4 is 10.9 Å². The third kappa shape index (κ3) is 4.04. The van der Waals surface area contributed by atoms with Crippen molar-refractivity contribution in [2.24, 2.45) is 5.92 Å². The number of nitrogens with one attached hydrogen (secondary N) is 2. The van der Waals surface area contributed by atoms with Crippen molar-refractivity contribution in [3.63, 3.8) is 0 Å². The number of rotatable bonds is 4. The topological polar surface area (TPSA) is 104 Å². The number of fused-ring (bicyclic) bond motifs is 1. The maximum Gasteiger partial charge on any atom is 0.407 e. The zero-order chi connectivity index (χ0) is 20.4. The number of nitrogens with zero attached hydrogens (tertiary/aromatic N) is 2. The van der Waals surface area contributed by atoms with Gasteiger partial charge in [-0.3, -0.25) is 9.59 Å². The molecule has 2 atom stereocenters. The minimum absolute atomic E-state index is 0.118. The number of amides is 2. The number of likely N-dealkylation sites (tertiary alicyclic amines) is 1. The fourth-order valence-corrected chi connectivity index (χ4v) is 3.83. The van der Waals surface area contributed by atoms with Crippen LogP contribution in [-0.2, 0) is 9.53 Å². The highest BCUT2D eigenvalue weighted by Gasteiger charge is 2.37. The molecule has 2 amide bonds. The molecule has 9 heteroatoms. The molecule has 28 heavy (non-hydrogen) atoms. The number of carbonyl (C=O) groups is 2. The van der Waals surface area contributed by atoms with Crippen molar-refractivity contribution in [1.82, 2.24) is 20.2 Å². The van der Waals surface area contributed by atoms with Crippen LogP contribution in [-0.4, -0.2) is 46.6 Å². The van der Waals surface area contributed by atoms with Gasteiger partial charge in [-0.25, -0.2) is 9.78 Å². The number of halogens is 1. The predicted molar refractivity (Wildman–Crippen MR) is 108 cm³/mol. The van der Waals surface area contributed by atoms with Gasteiger partial charge in [0.25, 0.3) is 5.56 Å². The molecule has 1 aliphatic rings. The van der Waals surface area contributed by atoms with E-state index in [2.05, 4.69) is 36.0 Å². The Balaban J connectivity index is 1.94. The molecule has 1 unspecified atom stereocenters. The molecule has 0 spiro atoms. The molecule has 0 radical (unpaired) electrons. The van der Waals surface area contributed by atoms with Crippen LogP contribution >= 0.6 is 15.9 Å². The van der Waals surface area contributed by atoms with Crippen LogP contribution in [0, 0.1) is 5.92 Å². The van der Waals surface area contributed by atoms with Gasteiger partial charge in [0.2, 0.25) is 5.91 Å². The van der Waals surface area contributed by atoms with Gasteiger partial charge in [-0.15, -0.1) is 0 Å². The van der Waals surface area contributed by atoms with E-state index >= 15 is 0 Å². The van der Waals surface area contributed by atoms with E-state index in [1.165, 1.54) is 7.11 Å². The molecule has 1 saturated heterocycles. The van der Waals surface area contributed by atoms with Crippen molar-refractivity contribution < 1.29 is 14.3 Å². The Hall–Kier alpha value is -2.42. The van der Waals surface area contributed by atoms with Crippen molar-refractivity contribution in [3.05, 3.63) is 38.9 Å². The number of aromatic amines is 1. The van der Waals surface area contributed by atoms with Crippen molar-refractivity contribution in [2.45, 2.75) is 38.8 Å². The van der Waals surface area contributed by atoms with Crippen molar-refractivity contribution in [3.8, 4) is 0 Å². The Kier molecular flexibility index (Phi) is 6.02. The molecule has 2 heterocycles. The Bertz CT molecular complexity index is 959. The molecule has 8 nitrogen and oxygen atoms in total. The van der Waals surface area contributed by atoms with Crippen molar-refractivity contribution in [1.29, 1.82) is 0 Å². The predicted octanol–water partition coefficient (Wildman–Crippen LogP) is 2.73. The highest BCUT2D eigenvalue weighted by atomic mass is 79.9. The maximum atomic E-state index is 13.2. The number of alkyl carbamates (subject to hydrolysis) is 1. The van der Waals surface area contributed by atoms with Crippen molar-refractivity contribution in [2.75, 3.05) is 13.7 Å². The Morgan fingerprint density at radius 2 is 2.14 bits per heavy atom. The molecule has 150 valence electrons. The Morgan fingerprint density at radius 1 is 1.39 bits per heavy atom. The van der Waals surface area contributed by atoms with E-state index in [1.807, 2.05) is 13.8 Å². The summed E-state index contributed by atoms with van der Waals surface area (Å²) < 4.78 is 5.47. The monoisotopic (exact) mass is 450 g/mol. The van der Waals surface area contributed by atoms with E-state index in [0.29, 0.717) is 29.7 Å². The first-order valence-corrected chi connectivity index (χ1v) is 9.95. The number of hydrogen-bond acceptors (Lipinski definition) is 5. The van der Waals surface area contributed by atoms with E-state index in [0.717, 1.165) is 10.9 Å². The van der Waals surface area contributed by atoms with Gasteiger partial charge >= 0.3 is 6.09 Å². The van der Waals surface area contributed by atoms with Crippen molar-refractivity contribution >= 4 is 38.8 Å². The molecule has 0 bridgehead atoms. The smallest absolute Gasteiger partial charge is 0.407 e. The first-order chi connectivity index (χ1) is 13.3. The van der Waals surface area contributed by atoms with Crippen LogP contribution in [0.2, 0.25) is 0 Å². The first kappa shape index (κ1) is 20.3. The highest BCUT2D eigenvalue weighted by Crippen LogP contribution is 2.31. The lowest BCUT2D eigenvalue weighted by molar-refractivity contribution is -0.135. The van der Waals surface area contributed by atoms with E-state index in [-0.39, 0.29) is 23.4 Å². The summed E-state index contributed by atoms with van der Waals surface area (Å²) in [6, 6.07) is 4.22. The van der Waals surface area contributed by atoms with E-state index in [4.69, 9.17) is 0 Å². The summed E-state index contributed by atoms with van der Waals surface area (Å²) in [6.45, 7) is 4.25. The van der Waals surface area contributed by atoms with Gasteiger partial charge in [-0.05, 0) is 37.0 Å². The second kappa shape index (κ2) is 8.30. The van der Waals surface area contributed by atoms with Crippen LogP contribution in [0.1, 0.15) is 38.6 Å². The summed E-state index contributed by atoms with van der Waals surface area (Å²) in [6.07, 6.45) is 0.835. The van der Waals surface area contributed by atoms with E-state index < -0.39 is 12.1 Å². The minimum Gasteiger partial charge on any atom is -0.453 e. The standard InChI is InChI=1S/C19H23BrN4O4/c1-10(2)15(22-19(27)28-3)18(26)24-8-4-5-14(24)16-21-13-9-11(20)6-7-12(13)17(25)23-16/h6-7,9-10,14-15H,4-5,8H2,1-3H3,(H,22,27)(H,21,23,25)/t14?,15-/m0/s1. The van der Waals surface area contributed by atoms with Gasteiger partial charge in [-0.1, -0.05) is 29.8 Å². The second-order valence-electron chi connectivity index (χ2n) is 7.16. The molecule has 1 aromatic carbocycles. The molecular weight excluding hydrogens is 428 g/mol. The Morgan fingerprint density at radius 3 is 2.82 bits per heavy atom. The zero-order valence-electron chi connectivity index (χ0n) is 16.0. The molecule has 0 aliphatic carbocycles. The second-order valence-corrected chi connectivity index (χ2v) is 8.08. The fraction of sp³-hybridized carbons (Fsp3) is 0.474. The van der Waals surface area contributed by atoms with Crippen LogP contribution in [0.5, 0.6) is 0 Å². The first-order valence-electron chi connectivity index (χ1n) is 9.16. The summed E-state index contributed by atoms with van der Waals surface area (Å²) >= 11 is 3.40. The van der Waals surface area contributed by atoms with Crippen LogP contribution in [0.3, 0.4) is 0 Å². The summed E-state index contributed by atoms with van der Waals surface area (Å²) in [7, 11) is 1.26. The number of benzene rings is 1. The van der Waals surface area contributed by atoms with E-state index in [1.54, 1.807) is 23.1 Å². The zero-order valence-corrected chi connectivity index (χ0v) is 17.6. The largest absolute Gasteiger partial charge is 0.453 e. The number of H-pyrrole nitrogens is 1. The van der Waals surface area contributed by atoms with Gasteiger partial charge in [0.15, 0.2) is 0 Å².